The topological polar surface area (TPSA) is 97.4 Å². The van der Waals surface area contributed by atoms with Gasteiger partial charge in [-0.15, -0.1) is 0 Å². The number of nitrogens with one attached hydrogen (secondary N) is 2. The molecule has 5 nitrogen and oxygen atoms in total. The number of hydrogen-bond acceptors (Lipinski definition) is 5. The van der Waals surface area contributed by atoms with Crippen LogP contribution in [-0.4, -0.2) is 29.0 Å². The molecule has 0 radical (unpaired) electrons. The van der Waals surface area contributed by atoms with Crippen molar-refractivity contribution in [3.8, 4) is 0 Å². The van der Waals surface area contributed by atoms with Gasteiger partial charge in [-0.1, -0.05) is 12.1 Å². The molecule has 0 unspecified atom stereocenters. The molecule has 0 bridgehead atoms. The van der Waals surface area contributed by atoms with Crippen LogP contribution in [0, 0.1) is 10.8 Å². The number of rotatable bonds is 2. The molecule has 0 aliphatic rings. The lowest BCUT2D eigenvalue weighted by atomic mass is 9.80. The summed E-state index contributed by atoms with van der Waals surface area (Å²) >= 11 is 0. The van der Waals surface area contributed by atoms with Crippen LogP contribution >= 0.6 is 0 Å². The molecule has 1 aromatic carbocycles. The first kappa shape index (κ1) is 11.4. The fourth-order valence-corrected chi connectivity index (χ4v) is 1.02. The molecule has 1 aromatic rings. The van der Waals surface area contributed by atoms with E-state index in [1.807, 2.05) is 0 Å². The highest BCUT2D eigenvalue weighted by Gasteiger charge is 2.11. The molecule has 15 heavy (non-hydrogen) atoms. The zero-order chi connectivity index (χ0) is 11.4. The lowest BCUT2D eigenvalue weighted by Gasteiger charge is -2.05. The van der Waals surface area contributed by atoms with Crippen molar-refractivity contribution in [2.45, 2.75) is 6.92 Å². The first-order valence-electron chi connectivity index (χ1n) is 4.28. The van der Waals surface area contributed by atoms with E-state index in [1.54, 1.807) is 0 Å². The summed E-state index contributed by atoms with van der Waals surface area (Å²) in [6.45, 7) is 1.43. The van der Waals surface area contributed by atoms with Gasteiger partial charge in [0.25, 0.3) is 0 Å². The molecule has 1 rings (SSSR count). The zero-order valence-electron chi connectivity index (χ0n) is 8.19. The van der Waals surface area contributed by atoms with Gasteiger partial charge >= 0.3 is 7.12 Å². The Bertz CT molecular complexity index is 375. The Morgan fingerprint density at radius 1 is 1.20 bits per heavy atom. The molecule has 0 saturated heterocycles. The SMILES string of the molecule is CC(=N)OC(=N)c1ccc(B(O)O)cc1. The van der Waals surface area contributed by atoms with Crippen LogP contribution in [0.15, 0.2) is 24.3 Å². The molecule has 0 amide bonds. The van der Waals surface area contributed by atoms with Gasteiger partial charge in [-0.05, 0) is 17.6 Å². The van der Waals surface area contributed by atoms with Gasteiger partial charge < -0.3 is 14.8 Å². The van der Waals surface area contributed by atoms with Crippen LogP contribution < -0.4 is 5.46 Å². The number of hydrogen-bond donors (Lipinski definition) is 4. The van der Waals surface area contributed by atoms with E-state index in [9.17, 15) is 0 Å². The molecule has 6 heteroatoms. The molecular weight excluding hydrogens is 195 g/mol. The molecule has 0 spiro atoms. The Hall–Kier alpha value is -1.66. The first-order valence-corrected chi connectivity index (χ1v) is 4.28. The van der Waals surface area contributed by atoms with Crippen molar-refractivity contribution in [2.75, 3.05) is 0 Å². The monoisotopic (exact) mass is 206 g/mol. The van der Waals surface area contributed by atoms with Crippen LogP contribution in [-0.2, 0) is 4.74 Å². The highest BCUT2D eigenvalue weighted by atomic mass is 16.5. The highest BCUT2D eigenvalue weighted by Crippen LogP contribution is 2.00. The van der Waals surface area contributed by atoms with Gasteiger partial charge in [0.05, 0.1) is 0 Å². The van der Waals surface area contributed by atoms with Crippen molar-refractivity contribution in [1.82, 2.24) is 0 Å². The molecule has 0 fully saturated rings. The van der Waals surface area contributed by atoms with Crippen molar-refractivity contribution in [3.05, 3.63) is 29.8 Å². The van der Waals surface area contributed by atoms with Crippen molar-refractivity contribution in [3.63, 3.8) is 0 Å². The van der Waals surface area contributed by atoms with Crippen LogP contribution in [0.25, 0.3) is 0 Å². The van der Waals surface area contributed by atoms with Crippen LogP contribution in [0.3, 0.4) is 0 Å². The van der Waals surface area contributed by atoms with Gasteiger partial charge in [0, 0.05) is 12.5 Å². The molecule has 0 aliphatic carbocycles. The third-order valence-corrected chi connectivity index (χ3v) is 1.73. The van der Waals surface area contributed by atoms with Crippen LogP contribution in [0.4, 0.5) is 0 Å². The second kappa shape index (κ2) is 4.72. The molecular formula is C9H11BN2O3. The lowest BCUT2D eigenvalue weighted by Crippen LogP contribution is -2.29. The molecule has 78 valence electrons. The summed E-state index contributed by atoms with van der Waals surface area (Å²) in [6.07, 6.45) is 0. The highest BCUT2D eigenvalue weighted by molar-refractivity contribution is 6.58. The third kappa shape index (κ3) is 3.19. The van der Waals surface area contributed by atoms with Gasteiger partial charge in [-0.3, -0.25) is 10.8 Å². The van der Waals surface area contributed by atoms with Gasteiger partial charge in [0.15, 0.2) is 5.90 Å². The van der Waals surface area contributed by atoms with E-state index in [2.05, 4.69) is 0 Å². The first-order chi connectivity index (χ1) is 7.00. The second-order valence-electron chi connectivity index (χ2n) is 2.98. The summed E-state index contributed by atoms with van der Waals surface area (Å²) < 4.78 is 4.78. The standard InChI is InChI=1S/C9H11BN2O3/c1-6(11)15-9(12)7-2-4-8(5-3-7)10(13)14/h2-5,11-14H,1H3. The summed E-state index contributed by atoms with van der Waals surface area (Å²) in [6, 6.07) is 6.02. The quantitative estimate of drug-likeness (QED) is 0.304. The van der Waals surface area contributed by atoms with E-state index in [-0.39, 0.29) is 11.8 Å². The van der Waals surface area contributed by atoms with Crippen molar-refractivity contribution >= 4 is 24.4 Å². The largest absolute Gasteiger partial charge is 0.488 e. The zero-order valence-corrected chi connectivity index (χ0v) is 8.19. The second-order valence-corrected chi connectivity index (χ2v) is 2.98. The maximum Gasteiger partial charge on any atom is 0.488 e. The molecule has 0 heterocycles. The molecule has 0 aromatic heterocycles. The van der Waals surface area contributed by atoms with Gasteiger partial charge in [0.1, 0.15) is 0 Å². The Morgan fingerprint density at radius 2 is 1.73 bits per heavy atom. The Labute approximate surface area is 87.5 Å². The Morgan fingerprint density at radius 3 is 2.13 bits per heavy atom. The van der Waals surface area contributed by atoms with E-state index in [0.717, 1.165) is 0 Å². The van der Waals surface area contributed by atoms with Gasteiger partial charge in [-0.2, -0.15) is 0 Å². The van der Waals surface area contributed by atoms with Crippen molar-refractivity contribution in [1.29, 1.82) is 10.8 Å². The van der Waals surface area contributed by atoms with E-state index < -0.39 is 7.12 Å². The summed E-state index contributed by atoms with van der Waals surface area (Å²) in [7, 11) is -1.52. The summed E-state index contributed by atoms with van der Waals surface area (Å²) in [5, 5.41) is 32.2. The number of ether oxygens (including phenoxy) is 1. The number of benzene rings is 1. The Kier molecular flexibility index (Phi) is 3.59. The van der Waals surface area contributed by atoms with Gasteiger partial charge in [-0.25, -0.2) is 0 Å². The normalized spacial score (nSPS) is 9.53. The van der Waals surface area contributed by atoms with Crippen LogP contribution in [0.5, 0.6) is 0 Å². The third-order valence-electron chi connectivity index (χ3n) is 1.73. The minimum absolute atomic E-state index is 0.0636. The molecule has 0 aliphatic heterocycles. The average molecular weight is 206 g/mol. The summed E-state index contributed by atoms with van der Waals surface area (Å²) in [5.41, 5.74) is 0.823. The maximum absolute atomic E-state index is 8.84. The van der Waals surface area contributed by atoms with E-state index in [1.165, 1.54) is 31.2 Å². The lowest BCUT2D eigenvalue weighted by molar-refractivity contribution is 0.425. The average Bonchev–Trinajstić information content (AvgIpc) is 2.17. The van der Waals surface area contributed by atoms with E-state index in [4.69, 9.17) is 25.6 Å². The Balaban J connectivity index is 2.80. The minimum atomic E-state index is -1.52. The van der Waals surface area contributed by atoms with Crippen LogP contribution in [0.1, 0.15) is 12.5 Å². The maximum atomic E-state index is 8.84. The molecule has 0 atom stereocenters. The van der Waals surface area contributed by atoms with E-state index >= 15 is 0 Å². The fraction of sp³-hybridized carbons (Fsp3) is 0.111. The molecule has 4 N–H and O–H groups in total. The van der Waals surface area contributed by atoms with Crippen molar-refractivity contribution < 1.29 is 14.8 Å². The smallest absolute Gasteiger partial charge is 0.426 e. The summed E-state index contributed by atoms with van der Waals surface area (Å²) in [5.74, 6) is -0.201. The van der Waals surface area contributed by atoms with E-state index in [0.29, 0.717) is 11.0 Å². The predicted octanol–water partition coefficient (Wildman–Crippen LogP) is -0.294. The minimum Gasteiger partial charge on any atom is -0.426 e. The summed E-state index contributed by atoms with van der Waals surface area (Å²) in [4.78, 5) is 0. The molecule has 0 saturated carbocycles. The van der Waals surface area contributed by atoms with Crippen LogP contribution in [0.2, 0.25) is 0 Å². The predicted molar refractivity (Wildman–Crippen MR) is 57.6 cm³/mol. The fourth-order valence-electron chi connectivity index (χ4n) is 1.02. The van der Waals surface area contributed by atoms with Gasteiger partial charge in [0.2, 0.25) is 5.90 Å². The van der Waals surface area contributed by atoms with Crippen molar-refractivity contribution in [2.24, 2.45) is 0 Å².